The Morgan fingerprint density at radius 1 is 0.584 bits per heavy atom. The number of ether oxygens (including phenoxy) is 1. The zero-order valence-corrected chi connectivity index (χ0v) is 46.2. The second-order valence-corrected chi connectivity index (χ2v) is 20.3. The molecule has 4 heterocycles. The Hall–Kier alpha value is -7.84. The maximum Gasteiger partial charge on any atom is 0.293 e. The summed E-state index contributed by atoms with van der Waals surface area (Å²) in [6.07, 6.45) is 3.91. The van der Waals surface area contributed by atoms with Crippen LogP contribution in [-0.4, -0.2) is 90.6 Å². The van der Waals surface area contributed by atoms with Crippen LogP contribution in [0.5, 0.6) is 0 Å². The third-order valence-electron chi connectivity index (χ3n) is 15.7. The molecule has 0 saturated heterocycles. The number of aldehydes is 1. The van der Waals surface area contributed by atoms with Gasteiger partial charge < -0.3 is 25.1 Å². The lowest BCUT2D eigenvalue weighted by atomic mass is 9.83. The van der Waals surface area contributed by atoms with E-state index in [9.17, 15) is 19.2 Å². The molecule has 0 fully saturated rings. The van der Waals surface area contributed by atoms with E-state index in [1.807, 2.05) is 62.5 Å². The van der Waals surface area contributed by atoms with Crippen LogP contribution in [0.1, 0.15) is 144 Å². The first-order chi connectivity index (χ1) is 37.2. The summed E-state index contributed by atoms with van der Waals surface area (Å²) in [5, 5.41) is 17.5. The maximum atomic E-state index is 13.3. The van der Waals surface area contributed by atoms with Crippen molar-refractivity contribution in [2.24, 2.45) is 5.73 Å². The number of carbonyl (C=O) groups is 4. The van der Waals surface area contributed by atoms with Gasteiger partial charge in [0.15, 0.2) is 0 Å². The van der Waals surface area contributed by atoms with E-state index in [2.05, 4.69) is 134 Å². The fourth-order valence-electron chi connectivity index (χ4n) is 10.9. The summed E-state index contributed by atoms with van der Waals surface area (Å²) in [6.45, 7) is 24.0. The highest BCUT2D eigenvalue weighted by molar-refractivity contribution is 5.95. The highest BCUT2D eigenvalue weighted by Crippen LogP contribution is 2.37. The number of hydrogen-bond donors (Lipinski definition) is 1. The lowest BCUT2D eigenvalue weighted by Crippen LogP contribution is -2.36. The van der Waals surface area contributed by atoms with Crippen molar-refractivity contribution in [3.63, 3.8) is 0 Å². The Morgan fingerprint density at radius 2 is 1.05 bits per heavy atom. The standard InChI is InChI=1S/C31H34N4O2.C29H33N5O.C3H6O2/c1-5-35-29-13-12-27(22(4)30(29)32-33-35)28(7-6-16-36)24-11-10-23-14-15-34(19-26(23)18-24)31(37)25-9-8-20(2)21(3)17-25;1-5-34-27-11-10-25(20(4)28(27)31-32-34)26(16-30)22-9-8-21-12-13-33(17-24(21)15-22)29(35)23-7-6-18(2)19(3)14-23;1-2-5-3-4/h8-13,16-18,28H,5-7,14-15,19H2,1-4H3;6-11,14-15,26H,5,12-13,16-17,30H2,1-4H3;3H,2H2,1H3/t28-;26-;/m00./s1. The summed E-state index contributed by atoms with van der Waals surface area (Å²) in [6, 6.07) is 33.8. The summed E-state index contributed by atoms with van der Waals surface area (Å²) in [5.74, 6) is 0.302. The van der Waals surface area contributed by atoms with Crippen molar-refractivity contribution in [3.8, 4) is 0 Å². The highest BCUT2D eigenvalue weighted by Gasteiger charge is 2.27. The van der Waals surface area contributed by atoms with Crippen molar-refractivity contribution in [1.29, 1.82) is 0 Å². The van der Waals surface area contributed by atoms with Gasteiger partial charge in [0.25, 0.3) is 18.3 Å². The van der Waals surface area contributed by atoms with Crippen LogP contribution in [0.3, 0.4) is 0 Å². The third kappa shape index (κ3) is 11.9. The Kier molecular flexibility index (Phi) is 17.9. The molecule has 10 rings (SSSR count). The molecule has 2 aliphatic rings. The zero-order valence-electron chi connectivity index (χ0n) is 46.2. The number of hydrogen-bond acceptors (Lipinski definition) is 10. The van der Waals surface area contributed by atoms with Crippen molar-refractivity contribution in [3.05, 3.63) is 186 Å². The number of rotatable bonds is 14. The predicted octanol–water partition coefficient (Wildman–Crippen LogP) is 10.5. The molecule has 8 aromatic rings. The lowest BCUT2D eigenvalue weighted by molar-refractivity contribution is -0.128. The minimum atomic E-state index is 0.0577. The van der Waals surface area contributed by atoms with Crippen molar-refractivity contribution < 1.29 is 23.9 Å². The van der Waals surface area contributed by atoms with Gasteiger partial charge in [-0.25, -0.2) is 9.36 Å². The average molecular weight is 1040 g/mol. The van der Waals surface area contributed by atoms with Gasteiger partial charge in [-0.1, -0.05) is 71.1 Å². The van der Waals surface area contributed by atoms with Crippen LogP contribution < -0.4 is 5.73 Å². The van der Waals surface area contributed by atoms with Gasteiger partial charge in [-0.15, -0.1) is 10.2 Å². The van der Waals surface area contributed by atoms with Crippen LogP contribution in [0.2, 0.25) is 0 Å². The lowest BCUT2D eigenvalue weighted by Gasteiger charge is -2.30. The van der Waals surface area contributed by atoms with Crippen molar-refractivity contribution in [2.45, 2.75) is 126 Å². The summed E-state index contributed by atoms with van der Waals surface area (Å²) in [4.78, 5) is 51.1. The zero-order chi connectivity index (χ0) is 54.9. The quantitative estimate of drug-likeness (QED) is 0.103. The molecule has 2 amide bonds. The van der Waals surface area contributed by atoms with Crippen LogP contribution in [0.4, 0.5) is 0 Å². The molecule has 0 spiro atoms. The largest absolute Gasteiger partial charge is 0.468 e. The van der Waals surface area contributed by atoms with Crippen LogP contribution in [0.15, 0.2) is 97.1 Å². The smallest absolute Gasteiger partial charge is 0.293 e. The van der Waals surface area contributed by atoms with Gasteiger partial charge in [0.05, 0.1) is 17.6 Å². The van der Waals surface area contributed by atoms with E-state index in [-0.39, 0.29) is 23.7 Å². The first-order valence-corrected chi connectivity index (χ1v) is 27.0. The summed E-state index contributed by atoms with van der Waals surface area (Å²) in [7, 11) is 0. The van der Waals surface area contributed by atoms with Crippen molar-refractivity contribution in [2.75, 3.05) is 26.2 Å². The Bertz CT molecular complexity index is 3450. The van der Waals surface area contributed by atoms with Gasteiger partial charge in [-0.05, 0) is 196 Å². The SMILES string of the molecule is CCOC=O.CCn1nnc2c(C)c([C@@H](CCC=O)c3ccc4c(c3)CN(C(=O)c3ccc(C)c(C)c3)CC4)ccc21.CCn1nnc2c(C)c([C@@H](CN)c3ccc4c(c3)CN(C(=O)c3ccc(C)c(C)c3)CC4)ccc21. The Morgan fingerprint density at radius 3 is 1.45 bits per heavy atom. The van der Waals surface area contributed by atoms with E-state index in [4.69, 9.17) is 5.73 Å². The number of benzene rings is 6. The van der Waals surface area contributed by atoms with Gasteiger partial charge >= 0.3 is 0 Å². The van der Waals surface area contributed by atoms with Gasteiger partial charge in [0, 0.05) is 75.2 Å². The van der Waals surface area contributed by atoms with E-state index in [1.165, 1.54) is 55.6 Å². The fraction of sp³-hybridized carbons (Fsp3) is 0.365. The molecule has 77 heavy (non-hydrogen) atoms. The van der Waals surface area contributed by atoms with E-state index < -0.39 is 0 Å². The Balaban J connectivity index is 0.000000188. The highest BCUT2D eigenvalue weighted by atomic mass is 16.5. The number of aromatic nitrogens is 6. The summed E-state index contributed by atoms with van der Waals surface area (Å²) >= 11 is 0. The molecule has 2 aliphatic heterocycles. The summed E-state index contributed by atoms with van der Waals surface area (Å²) < 4.78 is 7.98. The molecule has 2 N–H and O–H groups in total. The van der Waals surface area contributed by atoms with E-state index >= 15 is 0 Å². The van der Waals surface area contributed by atoms with Crippen molar-refractivity contribution >= 4 is 46.6 Å². The molecule has 2 aromatic heterocycles. The van der Waals surface area contributed by atoms with Gasteiger partial charge in [0.1, 0.15) is 17.3 Å². The number of aryl methyl sites for hydroxylation is 8. The first kappa shape index (κ1) is 55.4. The number of nitrogens with zero attached hydrogens (tertiary/aromatic N) is 8. The molecule has 2 atom stereocenters. The topological polar surface area (TPSA) is 171 Å². The molecule has 400 valence electrons. The second kappa shape index (κ2) is 24.9. The second-order valence-electron chi connectivity index (χ2n) is 20.3. The fourth-order valence-corrected chi connectivity index (χ4v) is 10.9. The summed E-state index contributed by atoms with van der Waals surface area (Å²) in [5.41, 5.74) is 28.4. The molecule has 0 radical (unpaired) electrons. The number of nitrogens with two attached hydrogens (primary N) is 1. The molecular weight excluding hydrogens is 963 g/mol. The normalized spacial score (nSPS) is 13.6. The first-order valence-electron chi connectivity index (χ1n) is 27.0. The minimum absolute atomic E-state index is 0.0577. The van der Waals surface area contributed by atoms with Crippen molar-refractivity contribution in [1.82, 2.24) is 39.8 Å². The minimum Gasteiger partial charge on any atom is -0.468 e. The van der Waals surface area contributed by atoms with E-state index in [0.29, 0.717) is 39.1 Å². The predicted molar refractivity (Wildman–Crippen MR) is 303 cm³/mol. The Labute approximate surface area is 452 Å². The van der Waals surface area contributed by atoms with Crippen LogP contribution in [-0.2, 0) is 53.3 Å². The molecule has 0 aliphatic carbocycles. The van der Waals surface area contributed by atoms with Gasteiger partial charge in [-0.2, -0.15) is 0 Å². The monoisotopic (exact) mass is 1040 g/mol. The number of amides is 2. The molecule has 6 aromatic carbocycles. The molecule has 14 heteroatoms. The van der Waals surface area contributed by atoms with Gasteiger partial charge in [0.2, 0.25) is 0 Å². The van der Waals surface area contributed by atoms with Crippen LogP contribution in [0, 0.1) is 41.5 Å². The van der Waals surface area contributed by atoms with Crippen LogP contribution >= 0.6 is 0 Å². The molecule has 0 unspecified atom stereocenters. The van der Waals surface area contributed by atoms with Crippen LogP contribution in [0.25, 0.3) is 22.1 Å². The van der Waals surface area contributed by atoms with E-state index in [0.717, 1.165) is 107 Å². The molecular formula is C63H73N9O5. The number of carbonyl (C=O) groups excluding carboxylic acids is 4. The average Bonchev–Trinajstić information content (AvgIpc) is 4.09. The third-order valence-corrected chi connectivity index (χ3v) is 15.7. The molecule has 0 bridgehead atoms. The maximum absolute atomic E-state index is 13.3. The van der Waals surface area contributed by atoms with Gasteiger partial charge in [-0.3, -0.25) is 14.4 Å². The van der Waals surface area contributed by atoms with E-state index in [1.54, 1.807) is 6.92 Å². The number of fused-ring (bicyclic) bond motifs is 4. The molecule has 0 saturated carbocycles. The molecule has 14 nitrogen and oxygen atoms in total.